The van der Waals surface area contributed by atoms with Gasteiger partial charge in [-0.25, -0.2) is 0 Å². The Hall–Kier alpha value is -1.30. The molecule has 1 amide bonds. The lowest BCUT2D eigenvalue weighted by Crippen LogP contribution is -2.14. The third-order valence-corrected chi connectivity index (χ3v) is 1.92. The van der Waals surface area contributed by atoms with Crippen LogP contribution in [0.15, 0.2) is 11.1 Å². The Morgan fingerprint density at radius 1 is 1.45 bits per heavy atom. The highest BCUT2D eigenvalue weighted by molar-refractivity contribution is 5.96. The molecule has 0 heterocycles. The number of nitriles is 1. The van der Waals surface area contributed by atoms with Crippen LogP contribution in [-0.4, -0.2) is 5.91 Å². The maximum atomic E-state index is 10.7. The molecule has 0 bridgehead atoms. The third-order valence-electron chi connectivity index (χ3n) is 1.92. The minimum atomic E-state index is -0.579. The Morgan fingerprint density at radius 2 is 2.00 bits per heavy atom. The van der Waals surface area contributed by atoms with Crippen LogP contribution in [0.1, 0.15) is 25.7 Å². The summed E-state index contributed by atoms with van der Waals surface area (Å²) in [6.45, 7) is 0. The molecular formula is C8H10N2O. The second kappa shape index (κ2) is 3.20. The van der Waals surface area contributed by atoms with Crippen molar-refractivity contribution in [2.45, 2.75) is 25.7 Å². The Balaban J connectivity index is 2.90. The Labute approximate surface area is 65.5 Å². The van der Waals surface area contributed by atoms with Crippen molar-refractivity contribution in [1.82, 2.24) is 0 Å². The standard InChI is InChI=1S/C8H10N2O/c9-5-7(8(10)11)6-3-1-2-4-6/h1-4H2,(H2,10,11). The Morgan fingerprint density at radius 3 is 2.36 bits per heavy atom. The van der Waals surface area contributed by atoms with Gasteiger partial charge in [0.25, 0.3) is 5.91 Å². The van der Waals surface area contributed by atoms with Crippen LogP contribution in [0, 0.1) is 11.3 Å². The number of amides is 1. The zero-order chi connectivity index (χ0) is 8.27. The van der Waals surface area contributed by atoms with Crippen molar-refractivity contribution in [2.75, 3.05) is 0 Å². The molecule has 1 saturated carbocycles. The molecule has 0 atom stereocenters. The van der Waals surface area contributed by atoms with Gasteiger partial charge in [-0.3, -0.25) is 4.79 Å². The van der Waals surface area contributed by atoms with E-state index in [2.05, 4.69) is 0 Å². The summed E-state index contributed by atoms with van der Waals surface area (Å²) in [6.07, 6.45) is 3.89. The van der Waals surface area contributed by atoms with Crippen molar-refractivity contribution in [2.24, 2.45) is 5.73 Å². The van der Waals surface area contributed by atoms with Gasteiger partial charge < -0.3 is 5.73 Å². The summed E-state index contributed by atoms with van der Waals surface area (Å²) in [7, 11) is 0. The molecule has 1 fully saturated rings. The normalized spacial score (nSPS) is 16.1. The molecular weight excluding hydrogens is 140 g/mol. The number of nitrogens with two attached hydrogens (primary N) is 1. The molecule has 0 aromatic heterocycles. The summed E-state index contributed by atoms with van der Waals surface area (Å²) in [6, 6.07) is 1.85. The predicted molar refractivity (Wildman–Crippen MR) is 40.3 cm³/mol. The SMILES string of the molecule is N#CC(C(N)=O)=C1CCCC1. The first kappa shape index (κ1) is 7.80. The summed E-state index contributed by atoms with van der Waals surface area (Å²) in [5.74, 6) is -0.579. The second-order valence-corrected chi connectivity index (χ2v) is 2.66. The van der Waals surface area contributed by atoms with Gasteiger partial charge in [-0.15, -0.1) is 0 Å². The molecule has 11 heavy (non-hydrogen) atoms. The summed E-state index contributed by atoms with van der Waals surface area (Å²) < 4.78 is 0. The lowest BCUT2D eigenvalue weighted by Gasteiger charge is -1.96. The van der Waals surface area contributed by atoms with Crippen LogP contribution < -0.4 is 5.73 Å². The molecule has 3 heteroatoms. The van der Waals surface area contributed by atoms with Gasteiger partial charge >= 0.3 is 0 Å². The molecule has 1 aliphatic rings. The molecule has 0 aromatic carbocycles. The number of primary amides is 1. The number of carbonyl (C=O) groups is 1. The number of hydrogen-bond acceptors (Lipinski definition) is 2. The van der Waals surface area contributed by atoms with E-state index in [4.69, 9.17) is 11.0 Å². The fourth-order valence-corrected chi connectivity index (χ4v) is 1.36. The first-order chi connectivity index (χ1) is 5.25. The van der Waals surface area contributed by atoms with Crippen LogP contribution in [-0.2, 0) is 4.79 Å². The van der Waals surface area contributed by atoms with E-state index in [-0.39, 0.29) is 5.57 Å². The Bertz CT molecular complexity index is 239. The van der Waals surface area contributed by atoms with Gasteiger partial charge in [0.05, 0.1) is 0 Å². The highest BCUT2D eigenvalue weighted by Crippen LogP contribution is 2.26. The summed E-state index contributed by atoms with van der Waals surface area (Å²) >= 11 is 0. The zero-order valence-electron chi connectivity index (χ0n) is 6.26. The van der Waals surface area contributed by atoms with E-state index in [0.717, 1.165) is 31.3 Å². The number of nitrogens with zero attached hydrogens (tertiary/aromatic N) is 1. The average molecular weight is 150 g/mol. The summed E-state index contributed by atoms with van der Waals surface area (Å²) in [5.41, 5.74) is 6.14. The molecule has 2 N–H and O–H groups in total. The average Bonchev–Trinajstić information content (AvgIpc) is 2.40. The van der Waals surface area contributed by atoms with Gasteiger partial charge in [0.2, 0.25) is 0 Å². The molecule has 1 rings (SSSR count). The van der Waals surface area contributed by atoms with Crippen LogP contribution >= 0.6 is 0 Å². The molecule has 0 radical (unpaired) electrons. The number of rotatable bonds is 1. The van der Waals surface area contributed by atoms with E-state index in [1.807, 2.05) is 6.07 Å². The van der Waals surface area contributed by atoms with Gasteiger partial charge in [-0.05, 0) is 31.3 Å². The van der Waals surface area contributed by atoms with Crippen molar-refractivity contribution >= 4 is 5.91 Å². The van der Waals surface area contributed by atoms with E-state index in [0.29, 0.717) is 0 Å². The molecule has 0 unspecified atom stereocenters. The van der Waals surface area contributed by atoms with Crippen LogP contribution in [0.25, 0.3) is 0 Å². The van der Waals surface area contributed by atoms with E-state index < -0.39 is 5.91 Å². The monoisotopic (exact) mass is 150 g/mol. The fourth-order valence-electron chi connectivity index (χ4n) is 1.36. The highest BCUT2D eigenvalue weighted by atomic mass is 16.1. The van der Waals surface area contributed by atoms with Crippen molar-refractivity contribution in [3.05, 3.63) is 11.1 Å². The summed E-state index contributed by atoms with van der Waals surface area (Å²) in [4.78, 5) is 10.7. The highest BCUT2D eigenvalue weighted by Gasteiger charge is 2.15. The van der Waals surface area contributed by atoms with Crippen molar-refractivity contribution in [1.29, 1.82) is 5.26 Å². The molecule has 1 aliphatic carbocycles. The van der Waals surface area contributed by atoms with E-state index >= 15 is 0 Å². The predicted octanol–water partition coefficient (Wildman–Crippen LogP) is 0.866. The number of hydrogen-bond donors (Lipinski definition) is 1. The van der Waals surface area contributed by atoms with Crippen LogP contribution in [0.3, 0.4) is 0 Å². The molecule has 58 valence electrons. The molecule has 0 spiro atoms. The first-order valence-corrected chi connectivity index (χ1v) is 3.67. The van der Waals surface area contributed by atoms with Crippen molar-refractivity contribution in [3.8, 4) is 6.07 Å². The van der Waals surface area contributed by atoms with Gasteiger partial charge in [-0.1, -0.05) is 0 Å². The lowest BCUT2D eigenvalue weighted by molar-refractivity contribution is -0.114. The van der Waals surface area contributed by atoms with E-state index in [9.17, 15) is 4.79 Å². The van der Waals surface area contributed by atoms with Crippen LogP contribution in [0.5, 0.6) is 0 Å². The van der Waals surface area contributed by atoms with Crippen LogP contribution in [0.4, 0.5) is 0 Å². The topological polar surface area (TPSA) is 66.9 Å². The van der Waals surface area contributed by atoms with Crippen LogP contribution in [0.2, 0.25) is 0 Å². The summed E-state index contributed by atoms with van der Waals surface area (Å²) in [5, 5.41) is 8.55. The van der Waals surface area contributed by atoms with Gasteiger partial charge in [0.15, 0.2) is 0 Å². The lowest BCUT2D eigenvalue weighted by atomic mass is 10.1. The Kier molecular flexibility index (Phi) is 2.27. The largest absolute Gasteiger partial charge is 0.365 e. The number of carbonyl (C=O) groups excluding carboxylic acids is 1. The molecule has 0 aliphatic heterocycles. The quantitative estimate of drug-likeness (QED) is 0.445. The number of allylic oxidation sites excluding steroid dienone is 1. The molecule has 0 saturated heterocycles. The van der Waals surface area contributed by atoms with Gasteiger partial charge in [0.1, 0.15) is 11.6 Å². The minimum absolute atomic E-state index is 0.183. The smallest absolute Gasteiger partial charge is 0.259 e. The maximum absolute atomic E-state index is 10.7. The maximum Gasteiger partial charge on any atom is 0.259 e. The van der Waals surface area contributed by atoms with E-state index in [1.165, 1.54) is 0 Å². The molecule has 0 aromatic rings. The second-order valence-electron chi connectivity index (χ2n) is 2.66. The van der Waals surface area contributed by atoms with Gasteiger partial charge in [0, 0.05) is 0 Å². The van der Waals surface area contributed by atoms with Gasteiger partial charge in [-0.2, -0.15) is 5.26 Å². The first-order valence-electron chi connectivity index (χ1n) is 3.67. The third kappa shape index (κ3) is 1.58. The van der Waals surface area contributed by atoms with E-state index in [1.54, 1.807) is 0 Å². The van der Waals surface area contributed by atoms with Crippen molar-refractivity contribution in [3.63, 3.8) is 0 Å². The fraction of sp³-hybridized carbons (Fsp3) is 0.500. The zero-order valence-corrected chi connectivity index (χ0v) is 6.26. The molecule has 3 nitrogen and oxygen atoms in total. The van der Waals surface area contributed by atoms with Crippen molar-refractivity contribution < 1.29 is 4.79 Å². The minimum Gasteiger partial charge on any atom is -0.365 e.